The van der Waals surface area contributed by atoms with Gasteiger partial charge in [-0.2, -0.15) is 0 Å². The number of anilines is 1. The molecule has 0 unspecified atom stereocenters. The van der Waals surface area contributed by atoms with Crippen LogP contribution in [0.1, 0.15) is 49.0 Å². The lowest BCUT2D eigenvalue weighted by Gasteiger charge is -2.18. The lowest BCUT2D eigenvalue weighted by atomic mass is 9.97. The van der Waals surface area contributed by atoms with Crippen LogP contribution < -0.4 is 5.32 Å². The number of nitrogens with zero attached hydrogens (tertiary/aromatic N) is 1. The minimum absolute atomic E-state index is 0.0491. The van der Waals surface area contributed by atoms with Crippen LogP contribution in [0.2, 0.25) is 5.02 Å². The first-order valence-electron chi connectivity index (χ1n) is 8.79. The van der Waals surface area contributed by atoms with E-state index in [1.54, 1.807) is 6.07 Å². The molecule has 7 nitrogen and oxygen atoms in total. The average molecular weight is 405 g/mol. The number of carbonyl (C=O) groups excluding carboxylic acids is 2. The molecule has 0 spiro atoms. The molecule has 0 aliphatic heterocycles. The molecule has 2 atom stereocenters. The SMILES string of the molecule is CC[C@H](C)c1ccccc1NC(=O)[C@H](C)OC(=O)c1ccc([N+](=O)[O-])cc1Cl. The number of ether oxygens (including phenoxy) is 1. The molecular weight excluding hydrogens is 384 g/mol. The quantitative estimate of drug-likeness (QED) is 0.400. The third-order valence-electron chi connectivity index (χ3n) is 4.40. The second kappa shape index (κ2) is 9.32. The summed E-state index contributed by atoms with van der Waals surface area (Å²) in [6.07, 6.45) is -0.167. The van der Waals surface area contributed by atoms with E-state index in [9.17, 15) is 19.7 Å². The monoisotopic (exact) mass is 404 g/mol. The van der Waals surface area contributed by atoms with Crippen molar-refractivity contribution < 1.29 is 19.2 Å². The summed E-state index contributed by atoms with van der Waals surface area (Å²) in [7, 11) is 0. The predicted molar refractivity (Wildman–Crippen MR) is 107 cm³/mol. The van der Waals surface area contributed by atoms with E-state index in [2.05, 4.69) is 19.2 Å². The zero-order chi connectivity index (χ0) is 20.8. The number of carbonyl (C=O) groups is 2. The third kappa shape index (κ3) is 5.07. The van der Waals surface area contributed by atoms with Crippen molar-refractivity contribution in [2.75, 3.05) is 5.32 Å². The van der Waals surface area contributed by atoms with Crippen molar-refractivity contribution in [3.8, 4) is 0 Å². The summed E-state index contributed by atoms with van der Waals surface area (Å²) in [6, 6.07) is 10.9. The summed E-state index contributed by atoms with van der Waals surface area (Å²) in [4.78, 5) is 34.9. The van der Waals surface area contributed by atoms with Gasteiger partial charge in [0.15, 0.2) is 6.10 Å². The maximum absolute atomic E-state index is 12.5. The van der Waals surface area contributed by atoms with Crippen molar-refractivity contribution in [1.82, 2.24) is 0 Å². The smallest absolute Gasteiger partial charge is 0.340 e. The highest BCUT2D eigenvalue weighted by Gasteiger charge is 2.23. The number of nitro benzene ring substituents is 1. The number of esters is 1. The van der Waals surface area contributed by atoms with Gasteiger partial charge in [0.1, 0.15) is 0 Å². The van der Waals surface area contributed by atoms with Gasteiger partial charge in [-0.05, 0) is 37.0 Å². The summed E-state index contributed by atoms with van der Waals surface area (Å²) < 4.78 is 5.17. The number of hydrogen-bond acceptors (Lipinski definition) is 5. The van der Waals surface area contributed by atoms with Crippen LogP contribution in [0.5, 0.6) is 0 Å². The highest BCUT2D eigenvalue weighted by molar-refractivity contribution is 6.33. The fraction of sp³-hybridized carbons (Fsp3) is 0.300. The Morgan fingerprint density at radius 3 is 2.50 bits per heavy atom. The van der Waals surface area contributed by atoms with Crippen molar-refractivity contribution >= 4 is 34.9 Å². The van der Waals surface area contributed by atoms with Crippen LogP contribution >= 0.6 is 11.6 Å². The number of nitrogens with one attached hydrogen (secondary N) is 1. The molecule has 1 amide bonds. The molecule has 1 N–H and O–H groups in total. The van der Waals surface area contributed by atoms with Crippen LogP contribution in [-0.2, 0) is 9.53 Å². The Hall–Kier alpha value is -2.93. The van der Waals surface area contributed by atoms with Gasteiger partial charge in [0.05, 0.1) is 15.5 Å². The Labute approximate surface area is 167 Å². The van der Waals surface area contributed by atoms with Crippen molar-refractivity contribution in [1.29, 1.82) is 0 Å². The van der Waals surface area contributed by atoms with Gasteiger partial charge in [-0.25, -0.2) is 4.79 Å². The summed E-state index contributed by atoms with van der Waals surface area (Å²) in [5.74, 6) is -1.06. The van der Waals surface area contributed by atoms with Crippen LogP contribution in [0.15, 0.2) is 42.5 Å². The van der Waals surface area contributed by atoms with Gasteiger partial charge < -0.3 is 10.1 Å². The van der Waals surface area contributed by atoms with Crippen LogP contribution in [-0.4, -0.2) is 22.9 Å². The standard InChI is InChI=1S/C20H21ClN2O5/c1-4-12(2)15-7-5-6-8-18(15)22-19(24)13(3)28-20(25)16-10-9-14(23(26)27)11-17(16)21/h5-13H,4H2,1-3H3,(H,22,24)/t12-,13-/m0/s1. The zero-order valence-electron chi connectivity index (χ0n) is 15.8. The molecule has 0 heterocycles. The van der Waals surface area contributed by atoms with Crippen LogP contribution in [0.25, 0.3) is 0 Å². The number of nitro groups is 1. The van der Waals surface area contributed by atoms with Crippen LogP contribution in [0.3, 0.4) is 0 Å². The second-order valence-corrected chi connectivity index (χ2v) is 6.76. The number of benzene rings is 2. The molecule has 0 bridgehead atoms. The lowest BCUT2D eigenvalue weighted by molar-refractivity contribution is -0.384. The fourth-order valence-electron chi connectivity index (χ4n) is 2.56. The normalized spacial score (nSPS) is 12.7. The first-order chi connectivity index (χ1) is 13.2. The fourth-order valence-corrected chi connectivity index (χ4v) is 2.81. The molecule has 0 saturated carbocycles. The molecule has 2 rings (SSSR count). The minimum atomic E-state index is -1.08. The van der Waals surface area contributed by atoms with Crippen molar-refractivity contribution in [3.05, 3.63) is 68.7 Å². The third-order valence-corrected chi connectivity index (χ3v) is 4.71. The van der Waals surface area contributed by atoms with Gasteiger partial charge in [-0.3, -0.25) is 14.9 Å². The topological polar surface area (TPSA) is 98.5 Å². The minimum Gasteiger partial charge on any atom is -0.449 e. The Balaban J connectivity index is 2.09. The van der Waals surface area contributed by atoms with E-state index in [4.69, 9.17) is 16.3 Å². The first-order valence-corrected chi connectivity index (χ1v) is 9.17. The average Bonchev–Trinajstić information content (AvgIpc) is 2.67. The highest BCUT2D eigenvalue weighted by atomic mass is 35.5. The van der Waals surface area contributed by atoms with E-state index in [1.165, 1.54) is 13.0 Å². The molecule has 0 aromatic heterocycles. The van der Waals surface area contributed by atoms with Crippen molar-refractivity contribution in [2.45, 2.75) is 39.2 Å². The van der Waals surface area contributed by atoms with E-state index in [-0.39, 0.29) is 22.2 Å². The number of para-hydroxylation sites is 1. The van der Waals surface area contributed by atoms with E-state index < -0.39 is 22.9 Å². The van der Waals surface area contributed by atoms with Gasteiger partial charge in [0.25, 0.3) is 11.6 Å². The van der Waals surface area contributed by atoms with Gasteiger partial charge >= 0.3 is 5.97 Å². The molecular formula is C20H21ClN2O5. The molecule has 0 radical (unpaired) electrons. The number of amides is 1. The number of halogens is 1. The van der Waals surface area contributed by atoms with Crippen LogP contribution in [0, 0.1) is 10.1 Å². The molecule has 28 heavy (non-hydrogen) atoms. The summed E-state index contributed by atoms with van der Waals surface area (Å²) >= 11 is 5.93. The predicted octanol–water partition coefficient (Wildman–Crippen LogP) is 4.95. The number of hydrogen-bond donors (Lipinski definition) is 1. The van der Waals surface area contributed by atoms with Crippen LogP contribution in [0.4, 0.5) is 11.4 Å². The Morgan fingerprint density at radius 1 is 1.21 bits per heavy atom. The largest absolute Gasteiger partial charge is 0.449 e. The number of rotatable bonds is 7. The highest BCUT2D eigenvalue weighted by Crippen LogP contribution is 2.27. The second-order valence-electron chi connectivity index (χ2n) is 6.35. The van der Waals surface area contributed by atoms with E-state index >= 15 is 0 Å². The van der Waals surface area contributed by atoms with E-state index in [0.717, 1.165) is 24.1 Å². The van der Waals surface area contributed by atoms with Gasteiger partial charge in [0, 0.05) is 17.8 Å². The van der Waals surface area contributed by atoms with Gasteiger partial charge in [-0.1, -0.05) is 43.6 Å². The number of non-ortho nitro benzene ring substituents is 1. The summed E-state index contributed by atoms with van der Waals surface area (Å²) in [6.45, 7) is 5.56. The first kappa shape index (κ1) is 21.4. The Bertz CT molecular complexity index is 900. The van der Waals surface area contributed by atoms with Crippen molar-refractivity contribution in [2.24, 2.45) is 0 Å². The molecule has 148 valence electrons. The molecule has 0 aliphatic carbocycles. The maximum Gasteiger partial charge on any atom is 0.340 e. The zero-order valence-corrected chi connectivity index (χ0v) is 16.5. The lowest BCUT2D eigenvalue weighted by Crippen LogP contribution is -2.30. The molecule has 8 heteroatoms. The maximum atomic E-state index is 12.5. The summed E-state index contributed by atoms with van der Waals surface area (Å²) in [5.41, 5.74) is 1.37. The van der Waals surface area contributed by atoms with E-state index in [0.29, 0.717) is 5.69 Å². The molecule has 0 aliphatic rings. The summed E-state index contributed by atoms with van der Waals surface area (Å²) in [5, 5.41) is 13.4. The molecule has 0 fully saturated rings. The molecule has 0 saturated heterocycles. The van der Waals surface area contributed by atoms with Gasteiger partial charge in [-0.15, -0.1) is 0 Å². The molecule has 2 aromatic rings. The van der Waals surface area contributed by atoms with E-state index in [1.807, 2.05) is 18.2 Å². The van der Waals surface area contributed by atoms with Gasteiger partial charge in [0.2, 0.25) is 0 Å². The Kier molecular flexibility index (Phi) is 7.12. The Morgan fingerprint density at radius 2 is 1.89 bits per heavy atom. The van der Waals surface area contributed by atoms with Crippen molar-refractivity contribution in [3.63, 3.8) is 0 Å². The molecule has 2 aromatic carbocycles.